The lowest BCUT2D eigenvalue weighted by Crippen LogP contribution is -2.69. The van der Waals surface area contributed by atoms with Gasteiger partial charge >= 0.3 is 0 Å². The molecule has 30 heavy (non-hydrogen) atoms. The summed E-state index contributed by atoms with van der Waals surface area (Å²) in [6.07, 6.45) is 6.90. The van der Waals surface area contributed by atoms with E-state index in [-0.39, 0.29) is 29.8 Å². The van der Waals surface area contributed by atoms with Crippen LogP contribution >= 0.6 is 11.5 Å². The third-order valence-corrected chi connectivity index (χ3v) is 7.73. The van der Waals surface area contributed by atoms with Crippen molar-refractivity contribution in [2.24, 2.45) is 0 Å². The lowest BCUT2D eigenvalue weighted by Gasteiger charge is -2.53. The van der Waals surface area contributed by atoms with Crippen molar-refractivity contribution in [3.8, 4) is 0 Å². The van der Waals surface area contributed by atoms with E-state index < -0.39 is 5.54 Å². The molecule has 2 unspecified atom stereocenters. The molecule has 1 saturated carbocycles. The number of fused-ring (bicyclic) bond motifs is 4. The number of carbonyl (C=O) groups is 3. The highest BCUT2D eigenvalue weighted by Crippen LogP contribution is 2.37. The maximum Gasteiger partial charge on any atom is 0.254 e. The van der Waals surface area contributed by atoms with Crippen LogP contribution in [0.25, 0.3) is 10.1 Å². The molecule has 1 aromatic carbocycles. The van der Waals surface area contributed by atoms with Gasteiger partial charge in [-0.25, -0.2) is 0 Å². The van der Waals surface area contributed by atoms with Crippen LogP contribution in [0.15, 0.2) is 24.4 Å². The molecule has 4 heterocycles. The van der Waals surface area contributed by atoms with Crippen LogP contribution in [-0.2, 0) is 9.59 Å². The first kappa shape index (κ1) is 19.5. The molecule has 8 heteroatoms. The SMILES string of the molecule is CC(=O)NC1(C(=O)N2CC3CCC2CN3C(=O)c2cccc3sncc23)CCCC1. The Hall–Kier alpha value is -2.48. The lowest BCUT2D eigenvalue weighted by atomic mass is 9.86. The number of hydrogen-bond acceptors (Lipinski definition) is 5. The molecule has 6 rings (SSSR count). The summed E-state index contributed by atoms with van der Waals surface area (Å²) in [6.45, 7) is 2.59. The van der Waals surface area contributed by atoms with E-state index in [0.717, 1.165) is 35.8 Å². The Labute approximate surface area is 179 Å². The number of piperazine rings is 1. The largest absolute Gasteiger partial charge is 0.342 e. The normalized spacial score (nSPS) is 25.0. The van der Waals surface area contributed by atoms with Gasteiger partial charge < -0.3 is 15.1 Å². The van der Waals surface area contributed by atoms with E-state index in [0.29, 0.717) is 31.5 Å². The second-order valence-electron chi connectivity index (χ2n) is 8.81. The standard InChI is InChI=1S/C22H26N4O3S/c1-14(27)24-22(9-2-3-10-22)21(29)26-13-15-7-8-16(26)12-25(15)20(28)17-5-4-6-19-18(17)11-23-30-19/h4-6,11,15-16H,2-3,7-10,12-13H2,1H3,(H,24,27). The van der Waals surface area contributed by atoms with Gasteiger partial charge in [-0.1, -0.05) is 18.9 Å². The summed E-state index contributed by atoms with van der Waals surface area (Å²) in [5, 5.41) is 3.87. The number of benzene rings is 1. The Morgan fingerprint density at radius 2 is 1.80 bits per heavy atom. The quantitative estimate of drug-likeness (QED) is 0.818. The van der Waals surface area contributed by atoms with E-state index >= 15 is 0 Å². The third kappa shape index (κ3) is 3.09. The van der Waals surface area contributed by atoms with Gasteiger partial charge in [0, 0.05) is 49.2 Å². The van der Waals surface area contributed by atoms with Crippen LogP contribution in [0.2, 0.25) is 0 Å². The van der Waals surface area contributed by atoms with Crippen molar-refractivity contribution < 1.29 is 14.4 Å². The first-order valence-electron chi connectivity index (χ1n) is 10.7. The molecule has 2 bridgehead atoms. The molecule has 4 aliphatic rings. The molecule has 0 radical (unpaired) electrons. The summed E-state index contributed by atoms with van der Waals surface area (Å²) in [7, 11) is 0. The summed E-state index contributed by atoms with van der Waals surface area (Å²) in [5.41, 5.74) is -0.0660. The minimum absolute atomic E-state index is 0.0116. The monoisotopic (exact) mass is 426 g/mol. The van der Waals surface area contributed by atoms with Crippen molar-refractivity contribution >= 4 is 39.3 Å². The van der Waals surface area contributed by atoms with Crippen molar-refractivity contribution in [1.82, 2.24) is 19.5 Å². The van der Waals surface area contributed by atoms with E-state index in [1.54, 1.807) is 6.20 Å². The fourth-order valence-corrected chi connectivity index (χ4v) is 6.21. The van der Waals surface area contributed by atoms with Crippen molar-refractivity contribution in [2.45, 2.75) is 63.1 Å². The second-order valence-corrected chi connectivity index (χ2v) is 9.65. The second kappa shape index (κ2) is 7.34. The summed E-state index contributed by atoms with van der Waals surface area (Å²) < 4.78 is 5.24. The molecule has 2 atom stereocenters. The molecule has 3 aliphatic heterocycles. The average Bonchev–Trinajstić information content (AvgIpc) is 3.42. The number of piperidine rings is 2. The molecule has 158 valence electrons. The van der Waals surface area contributed by atoms with Gasteiger partial charge in [-0.05, 0) is 49.3 Å². The van der Waals surface area contributed by atoms with E-state index in [4.69, 9.17) is 0 Å². The topological polar surface area (TPSA) is 82.6 Å². The van der Waals surface area contributed by atoms with Crippen LogP contribution in [0.4, 0.5) is 0 Å². The summed E-state index contributed by atoms with van der Waals surface area (Å²) in [4.78, 5) is 42.6. The van der Waals surface area contributed by atoms with Gasteiger partial charge in [-0.2, -0.15) is 4.37 Å². The van der Waals surface area contributed by atoms with E-state index in [1.807, 2.05) is 28.0 Å². The van der Waals surface area contributed by atoms with Gasteiger partial charge in [0.05, 0.1) is 4.70 Å². The first-order chi connectivity index (χ1) is 14.5. The molecule has 7 nitrogen and oxygen atoms in total. The lowest BCUT2D eigenvalue weighted by molar-refractivity contribution is -0.149. The smallest absolute Gasteiger partial charge is 0.254 e. The zero-order valence-corrected chi connectivity index (χ0v) is 17.9. The minimum atomic E-state index is -0.758. The van der Waals surface area contributed by atoms with Gasteiger partial charge in [-0.3, -0.25) is 14.4 Å². The molecule has 2 aromatic rings. The highest BCUT2D eigenvalue weighted by Gasteiger charge is 2.50. The van der Waals surface area contributed by atoms with Crippen molar-refractivity contribution in [1.29, 1.82) is 0 Å². The summed E-state index contributed by atoms with van der Waals surface area (Å²) >= 11 is 1.40. The number of rotatable bonds is 3. The van der Waals surface area contributed by atoms with Gasteiger partial charge in [0.2, 0.25) is 11.8 Å². The maximum atomic E-state index is 13.5. The number of hydrogen-bond donors (Lipinski definition) is 1. The molecule has 1 aromatic heterocycles. The molecule has 1 N–H and O–H groups in total. The molecule has 4 fully saturated rings. The molecule has 0 spiro atoms. The number of aromatic nitrogens is 1. The number of carbonyl (C=O) groups excluding carboxylic acids is 3. The Morgan fingerprint density at radius 1 is 1.10 bits per heavy atom. The zero-order valence-electron chi connectivity index (χ0n) is 17.1. The first-order valence-corrected chi connectivity index (χ1v) is 11.5. The molecular formula is C22H26N4O3S. The molecule has 3 saturated heterocycles. The highest BCUT2D eigenvalue weighted by atomic mass is 32.1. The van der Waals surface area contributed by atoms with Gasteiger partial charge in [-0.15, -0.1) is 0 Å². The summed E-state index contributed by atoms with van der Waals surface area (Å²) in [5.74, 6) is -0.0807. The highest BCUT2D eigenvalue weighted by molar-refractivity contribution is 7.13. The van der Waals surface area contributed by atoms with Crippen LogP contribution in [0.5, 0.6) is 0 Å². The van der Waals surface area contributed by atoms with Crippen LogP contribution < -0.4 is 5.32 Å². The predicted molar refractivity (Wildman–Crippen MR) is 114 cm³/mol. The number of nitrogens with zero attached hydrogens (tertiary/aromatic N) is 3. The van der Waals surface area contributed by atoms with E-state index in [9.17, 15) is 14.4 Å². The van der Waals surface area contributed by atoms with Crippen LogP contribution in [0.1, 0.15) is 55.8 Å². The van der Waals surface area contributed by atoms with Crippen LogP contribution in [0, 0.1) is 0 Å². The Morgan fingerprint density at radius 3 is 2.47 bits per heavy atom. The number of amides is 3. The van der Waals surface area contributed by atoms with Gasteiger partial charge in [0.1, 0.15) is 5.54 Å². The summed E-state index contributed by atoms with van der Waals surface area (Å²) in [6, 6.07) is 5.79. The minimum Gasteiger partial charge on any atom is -0.342 e. The van der Waals surface area contributed by atoms with Crippen molar-refractivity contribution in [2.75, 3.05) is 13.1 Å². The Kier molecular flexibility index (Phi) is 4.76. The van der Waals surface area contributed by atoms with Gasteiger partial charge in [0.15, 0.2) is 0 Å². The fourth-order valence-electron chi connectivity index (χ4n) is 5.54. The average molecular weight is 427 g/mol. The van der Waals surface area contributed by atoms with Gasteiger partial charge in [0.25, 0.3) is 5.91 Å². The number of nitrogens with one attached hydrogen (secondary N) is 1. The maximum absolute atomic E-state index is 13.5. The Bertz CT molecular complexity index is 1010. The zero-order chi connectivity index (χ0) is 20.9. The van der Waals surface area contributed by atoms with Crippen LogP contribution in [-0.4, -0.2) is 62.6 Å². The molecular weight excluding hydrogens is 400 g/mol. The Balaban J connectivity index is 1.37. The van der Waals surface area contributed by atoms with Crippen molar-refractivity contribution in [3.63, 3.8) is 0 Å². The molecule has 1 aliphatic carbocycles. The predicted octanol–water partition coefficient (Wildman–Crippen LogP) is 2.56. The van der Waals surface area contributed by atoms with Crippen molar-refractivity contribution in [3.05, 3.63) is 30.0 Å². The van der Waals surface area contributed by atoms with Crippen LogP contribution in [0.3, 0.4) is 0 Å². The van der Waals surface area contributed by atoms with E-state index in [2.05, 4.69) is 9.69 Å². The molecule has 3 amide bonds. The fraction of sp³-hybridized carbons (Fsp3) is 0.545. The third-order valence-electron chi connectivity index (χ3n) is 6.96. The van der Waals surface area contributed by atoms with E-state index in [1.165, 1.54) is 18.5 Å².